The first-order valence-corrected chi connectivity index (χ1v) is 4.21. The molecule has 0 atom stereocenters. The number of aryl methyl sites for hydroxylation is 1. The summed E-state index contributed by atoms with van der Waals surface area (Å²) in [4.78, 5) is 0. The van der Waals surface area contributed by atoms with Crippen LogP contribution in [0.15, 0.2) is 18.2 Å². The summed E-state index contributed by atoms with van der Waals surface area (Å²) in [6, 6.07) is 6.35. The Kier molecular flexibility index (Phi) is 1.57. The minimum atomic E-state index is 1.06. The molecule has 58 valence electrons. The van der Waals surface area contributed by atoms with E-state index in [0.717, 1.165) is 11.5 Å². The minimum absolute atomic E-state index is 1.06. The van der Waals surface area contributed by atoms with Crippen molar-refractivity contribution in [1.29, 1.82) is 0 Å². The molecule has 0 aliphatic carbocycles. The highest BCUT2D eigenvalue weighted by Crippen LogP contribution is 2.45. The van der Waals surface area contributed by atoms with Crippen molar-refractivity contribution in [3.8, 4) is 11.5 Å². The Balaban J connectivity index is 2.03. The lowest BCUT2D eigenvalue weighted by Crippen LogP contribution is -1.80. The van der Waals surface area contributed by atoms with Gasteiger partial charge in [0.05, 0.1) is 0 Å². The molecule has 0 saturated carbocycles. The van der Waals surface area contributed by atoms with E-state index in [1.807, 2.05) is 0 Å². The Hall–Kier alpha value is -0.980. The maximum absolute atomic E-state index is 5.16. The van der Waals surface area contributed by atoms with E-state index in [2.05, 4.69) is 25.1 Å². The highest BCUT2D eigenvalue weighted by atomic mass is 16.6. The zero-order chi connectivity index (χ0) is 7.68. The summed E-state index contributed by atoms with van der Waals surface area (Å²) in [5.74, 6) is 2.14. The molecule has 1 aromatic carbocycles. The number of ether oxygens (including phenoxy) is 1. The predicted octanol–water partition coefficient (Wildman–Crippen LogP) is 3.13. The summed E-state index contributed by atoms with van der Waals surface area (Å²) in [5, 5.41) is 0. The molecular weight excluding hydrogens is 136 g/mol. The Morgan fingerprint density at radius 2 is 2.18 bits per heavy atom. The van der Waals surface area contributed by atoms with Gasteiger partial charge in [0, 0.05) is 0 Å². The molecule has 0 amide bonds. The van der Waals surface area contributed by atoms with E-state index in [1.165, 1.54) is 24.8 Å². The highest BCUT2D eigenvalue weighted by Gasteiger charge is 2.18. The number of unbranched alkanes of at least 4 members (excludes halogenated alkanes) is 1. The molecule has 1 heterocycles. The molecule has 0 aromatic heterocycles. The Morgan fingerprint density at radius 3 is 2.91 bits per heavy atom. The second kappa shape index (κ2) is 2.57. The van der Waals surface area contributed by atoms with E-state index < -0.39 is 0 Å². The maximum atomic E-state index is 5.16. The lowest BCUT2D eigenvalue weighted by Gasteiger charge is -1.94. The Bertz CT molecular complexity index is 266. The van der Waals surface area contributed by atoms with Crippen molar-refractivity contribution >= 4 is 0 Å². The van der Waals surface area contributed by atoms with Crippen LogP contribution in [0, 0.1) is 0 Å². The Labute approximate surface area is 67.0 Å². The summed E-state index contributed by atoms with van der Waals surface area (Å²) in [7, 11) is 0. The molecule has 1 heteroatoms. The smallest absolute Gasteiger partial charge is 0.170 e. The first kappa shape index (κ1) is 6.71. The van der Waals surface area contributed by atoms with Gasteiger partial charge in [-0.05, 0) is 30.5 Å². The number of benzene rings is 1. The van der Waals surface area contributed by atoms with E-state index in [-0.39, 0.29) is 0 Å². The average molecular weight is 148 g/mol. The van der Waals surface area contributed by atoms with Crippen molar-refractivity contribution in [1.82, 2.24) is 0 Å². The second-order valence-corrected chi connectivity index (χ2v) is 2.99. The SMILES string of the molecule is CCCCc1ccc2c(c1)O2. The van der Waals surface area contributed by atoms with Gasteiger partial charge in [-0.15, -0.1) is 0 Å². The van der Waals surface area contributed by atoms with Gasteiger partial charge in [-0.25, -0.2) is 0 Å². The molecule has 0 radical (unpaired) electrons. The lowest BCUT2D eigenvalue weighted by atomic mass is 10.1. The van der Waals surface area contributed by atoms with Crippen molar-refractivity contribution < 1.29 is 4.74 Å². The highest BCUT2D eigenvalue weighted by molar-refractivity contribution is 5.55. The molecular formula is C10H12O. The topological polar surface area (TPSA) is 12.5 Å². The molecule has 11 heavy (non-hydrogen) atoms. The molecule has 1 aliphatic rings. The molecule has 0 N–H and O–H groups in total. The van der Waals surface area contributed by atoms with Gasteiger partial charge in [-0.3, -0.25) is 0 Å². The van der Waals surface area contributed by atoms with Gasteiger partial charge in [-0.2, -0.15) is 0 Å². The van der Waals surface area contributed by atoms with Gasteiger partial charge >= 0.3 is 0 Å². The lowest BCUT2D eigenvalue weighted by molar-refractivity contribution is 0.649. The van der Waals surface area contributed by atoms with E-state index in [4.69, 9.17) is 4.74 Å². The van der Waals surface area contributed by atoms with Crippen molar-refractivity contribution in [2.75, 3.05) is 0 Å². The summed E-state index contributed by atoms with van der Waals surface area (Å²) in [6.45, 7) is 2.21. The van der Waals surface area contributed by atoms with Crippen LogP contribution in [-0.4, -0.2) is 0 Å². The van der Waals surface area contributed by atoms with Gasteiger partial charge in [-0.1, -0.05) is 19.4 Å². The third kappa shape index (κ3) is 1.37. The van der Waals surface area contributed by atoms with Gasteiger partial charge in [0.1, 0.15) is 0 Å². The fraction of sp³-hybridized carbons (Fsp3) is 0.400. The molecule has 1 aliphatic heterocycles. The number of fused-ring (bicyclic) bond motifs is 1. The molecule has 0 fully saturated rings. The van der Waals surface area contributed by atoms with E-state index in [0.29, 0.717) is 0 Å². The van der Waals surface area contributed by atoms with Crippen molar-refractivity contribution in [3.05, 3.63) is 23.8 Å². The molecule has 0 saturated heterocycles. The summed E-state index contributed by atoms with van der Waals surface area (Å²) in [6.07, 6.45) is 3.73. The van der Waals surface area contributed by atoms with E-state index >= 15 is 0 Å². The predicted molar refractivity (Wildman–Crippen MR) is 45.1 cm³/mol. The number of hydrogen-bond acceptors (Lipinski definition) is 1. The van der Waals surface area contributed by atoms with Gasteiger partial charge in [0.25, 0.3) is 0 Å². The van der Waals surface area contributed by atoms with Crippen LogP contribution in [-0.2, 0) is 6.42 Å². The zero-order valence-electron chi connectivity index (χ0n) is 6.76. The van der Waals surface area contributed by atoms with Crippen LogP contribution in [0.25, 0.3) is 0 Å². The first-order chi connectivity index (χ1) is 5.40. The first-order valence-electron chi connectivity index (χ1n) is 4.21. The fourth-order valence-electron chi connectivity index (χ4n) is 1.25. The van der Waals surface area contributed by atoms with Crippen LogP contribution < -0.4 is 4.74 Å². The number of rotatable bonds is 3. The molecule has 0 unspecified atom stereocenters. The van der Waals surface area contributed by atoms with Crippen molar-refractivity contribution in [2.24, 2.45) is 0 Å². The molecule has 0 bridgehead atoms. The normalized spacial score (nSPS) is 12.1. The quantitative estimate of drug-likeness (QED) is 0.609. The molecule has 1 nitrogen and oxygen atoms in total. The second-order valence-electron chi connectivity index (χ2n) is 2.99. The molecule has 0 spiro atoms. The van der Waals surface area contributed by atoms with Gasteiger partial charge in [0.2, 0.25) is 0 Å². The zero-order valence-corrected chi connectivity index (χ0v) is 6.76. The average Bonchev–Trinajstić information content (AvgIpc) is 2.78. The maximum Gasteiger partial charge on any atom is 0.170 e. The van der Waals surface area contributed by atoms with Gasteiger partial charge < -0.3 is 4.74 Å². The molecule has 2 rings (SSSR count). The number of hydrogen-bond donors (Lipinski definition) is 0. The van der Waals surface area contributed by atoms with Crippen LogP contribution >= 0.6 is 0 Å². The Morgan fingerprint density at radius 1 is 1.27 bits per heavy atom. The largest absolute Gasteiger partial charge is 0.450 e. The van der Waals surface area contributed by atoms with Crippen molar-refractivity contribution in [2.45, 2.75) is 26.2 Å². The standard InChI is InChI=1S/C10H12O/c1-2-3-4-8-5-6-9-10(7-8)11-9/h5-7H,2-4H2,1H3. The van der Waals surface area contributed by atoms with Crippen LogP contribution in [0.1, 0.15) is 25.3 Å². The van der Waals surface area contributed by atoms with E-state index in [9.17, 15) is 0 Å². The summed E-state index contributed by atoms with van der Waals surface area (Å²) >= 11 is 0. The monoisotopic (exact) mass is 148 g/mol. The van der Waals surface area contributed by atoms with Crippen LogP contribution in [0.4, 0.5) is 0 Å². The van der Waals surface area contributed by atoms with Gasteiger partial charge in [0.15, 0.2) is 11.5 Å². The van der Waals surface area contributed by atoms with Crippen LogP contribution in [0.5, 0.6) is 11.5 Å². The van der Waals surface area contributed by atoms with E-state index in [1.54, 1.807) is 0 Å². The minimum Gasteiger partial charge on any atom is -0.450 e. The summed E-state index contributed by atoms with van der Waals surface area (Å²) < 4.78 is 5.16. The van der Waals surface area contributed by atoms with Crippen LogP contribution in [0.2, 0.25) is 0 Å². The fourth-order valence-corrected chi connectivity index (χ4v) is 1.25. The molecule has 1 aromatic rings. The summed E-state index contributed by atoms with van der Waals surface area (Å²) in [5.41, 5.74) is 1.41. The third-order valence-electron chi connectivity index (χ3n) is 2.01. The third-order valence-corrected chi connectivity index (χ3v) is 2.01. The van der Waals surface area contributed by atoms with Crippen LogP contribution in [0.3, 0.4) is 0 Å². The van der Waals surface area contributed by atoms with Crippen molar-refractivity contribution in [3.63, 3.8) is 0 Å².